The van der Waals surface area contributed by atoms with Gasteiger partial charge in [0.25, 0.3) is 5.91 Å². The van der Waals surface area contributed by atoms with Gasteiger partial charge in [-0.2, -0.15) is 23.5 Å². The van der Waals surface area contributed by atoms with Crippen LogP contribution in [0.4, 0.5) is 0 Å². The third-order valence-electron chi connectivity index (χ3n) is 3.19. The van der Waals surface area contributed by atoms with Gasteiger partial charge in [-0.15, -0.1) is 0 Å². The number of amides is 1. The highest BCUT2D eigenvalue weighted by Crippen LogP contribution is 2.23. The minimum atomic E-state index is -0.0138. The van der Waals surface area contributed by atoms with Gasteiger partial charge in [0.15, 0.2) is 0 Å². The van der Waals surface area contributed by atoms with E-state index >= 15 is 0 Å². The van der Waals surface area contributed by atoms with E-state index in [4.69, 9.17) is 5.73 Å². The van der Waals surface area contributed by atoms with Crippen LogP contribution in [0.5, 0.6) is 0 Å². The van der Waals surface area contributed by atoms with Crippen LogP contribution in [-0.4, -0.2) is 41.5 Å². The second kappa shape index (κ2) is 8.38. The van der Waals surface area contributed by atoms with Gasteiger partial charge in [-0.1, -0.05) is 17.9 Å². The van der Waals surface area contributed by atoms with Gasteiger partial charge in [-0.05, 0) is 24.6 Å². The van der Waals surface area contributed by atoms with Crippen LogP contribution in [0.2, 0.25) is 0 Å². The van der Waals surface area contributed by atoms with E-state index in [0.717, 1.165) is 23.4 Å². The molecule has 0 bridgehead atoms. The normalized spacial score (nSPS) is 17.7. The minimum absolute atomic E-state index is 0.0138. The number of rotatable bonds is 3. The standard InChI is InChI=1S/C16H20N2OS2/c1-12-4-5-13(3-2-6-17)9-15(12)16(19)18-10-14-11-20-7-8-21-14/h4-5,9,14H,6-8,10-11,17H2,1H3,(H,18,19). The zero-order valence-corrected chi connectivity index (χ0v) is 13.8. The highest BCUT2D eigenvalue weighted by Gasteiger charge is 2.16. The molecule has 0 spiro atoms. The van der Waals surface area contributed by atoms with Crippen LogP contribution in [-0.2, 0) is 0 Å². The maximum Gasteiger partial charge on any atom is 0.251 e. The van der Waals surface area contributed by atoms with Gasteiger partial charge in [0.1, 0.15) is 0 Å². The van der Waals surface area contributed by atoms with Gasteiger partial charge in [-0.25, -0.2) is 0 Å². The summed E-state index contributed by atoms with van der Waals surface area (Å²) in [6.07, 6.45) is 0. The van der Waals surface area contributed by atoms with Crippen molar-refractivity contribution in [3.8, 4) is 11.8 Å². The molecule has 0 aliphatic carbocycles. The van der Waals surface area contributed by atoms with Crippen LogP contribution in [0.25, 0.3) is 0 Å². The Kier molecular flexibility index (Phi) is 6.50. The summed E-state index contributed by atoms with van der Waals surface area (Å²) in [5.41, 5.74) is 7.88. The maximum absolute atomic E-state index is 12.3. The van der Waals surface area contributed by atoms with Crippen LogP contribution in [0.1, 0.15) is 21.5 Å². The number of aryl methyl sites for hydroxylation is 1. The monoisotopic (exact) mass is 320 g/mol. The molecular weight excluding hydrogens is 300 g/mol. The average Bonchev–Trinajstić information content (AvgIpc) is 2.53. The lowest BCUT2D eigenvalue weighted by atomic mass is 10.0. The molecule has 1 saturated heterocycles. The van der Waals surface area contributed by atoms with Crippen molar-refractivity contribution in [2.75, 3.05) is 30.3 Å². The first kappa shape index (κ1) is 16.3. The van der Waals surface area contributed by atoms with Crippen LogP contribution in [0.15, 0.2) is 18.2 Å². The number of hydrogen-bond acceptors (Lipinski definition) is 4. The van der Waals surface area contributed by atoms with E-state index in [2.05, 4.69) is 17.2 Å². The van der Waals surface area contributed by atoms with Crippen LogP contribution < -0.4 is 11.1 Å². The van der Waals surface area contributed by atoms with Crippen molar-refractivity contribution in [2.24, 2.45) is 5.73 Å². The van der Waals surface area contributed by atoms with E-state index in [1.54, 1.807) is 0 Å². The summed E-state index contributed by atoms with van der Waals surface area (Å²) in [4.78, 5) is 12.3. The molecule has 1 unspecified atom stereocenters. The molecule has 21 heavy (non-hydrogen) atoms. The van der Waals surface area contributed by atoms with E-state index in [1.807, 2.05) is 48.6 Å². The Hall–Kier alpha value is -1.09. The molecule has 1 atom stereocenters. The van der Waals surface area contributed by atoms with E-state index in [0.29, 0.717) is 17.4 Å². The zero-order chi connectivity index (χ0) is 15.1. The van der Waals surface area contributed by atoms with Gasteiger partial charge >= 0.3 is 0 Å². The van der Waals surface area contributed by atoms with Crippen molar-refractivity contribution in [1.82, 2.24) is 5.32 Å². The average molecular weight is 320 g/mol. The molecule has 2 rings (SSSR count). The summed E-state index contributed by atoms with van der Waals surface area (Å²) in [5.74, 6) is 9.28. The van der Waals surface area contributed by atoms with Crippen LogP contribution in [0.3, 0.4) is 0 Å². The van der Waals surface area contributed by atoms with E-state index in [9.17, 15) is 4.79 Å². The van der Waals surface area contributed by atoms with Gasteiger partial charge in [-0.3, -0.25) is 4.79 Å². The van der Waals surface area contributed by atoms with Crippen LogP contribution >= 0.6 is 23.5 Å². The molecule has 0 radical (unpaired) electrons. The smallest absolute Gasteiger partial charge is 0.251 e. The first-order valence-corrected chi connectivity index (χ1v) is 9.18. The SMILES string of the molecule is Cc1ccc(C#CCN)cc1C(=O)NCC1CSCCS1. The fourth-order valence-electron chi connectivity index (χ4n) is 2.05. The van der Waals surface area contributed by atoms with Gasteiger partial charge in [0, 0.05) is 40.2 Å². The number of benzene rings is 1. The second-order valence-corrected chi connectivity index (χ2v) is 7.37. The molecular formula is C16H20N2OS2. The Bertz CT molecular complexity index is 557. The highest BCUT2D eigenvalue weighted by molar-refractivity contribution is 8.06. The maximum atomic E-state index is 12.3. The van der Waals surface area contributed by atoms with E-state index < -0.39 is 0 Å². The summed E-state index contributed by atoms with van der Waals surface area (Å²) in [7, 11) is 0. The molecule has 1 amide bonds. The number of nitrogens with one attached hydrogen (secondary N) is 1. The molecule has 0 saturated carbocycles. The van der Waals surface area contributed by atoms with Gasteiger partial charge < -0.3 is 11.1 Å². The van der Waals surface area contributed by atoms with Crippen molar-refractivity contribution in [1.29, 1.82) is 0 Å². The fourth-order valence-corrected chi connectivity index (χ4v) is 4.67. The van der Waals surface area contributed by atoms with E-state index in [1.165, 1.54) is 11.5 Å². The lowest BCUT2D eigenvalue weighted by molar-refractivity contribution is 0.0953. The zero-order valence-electron chi connectivity index (χ0n) is 12.1. The number of thioether (sulfide) groups is 2. The fraction of sp³-hybridized carbons (Fsp3) is 0.438. The summed E-state index contributed by atoms with van der Waals surface area (Å²) >= 11 is 3.91. The number of hydrogen-bond donors (Lipinski definition) is 2. The number of carbonyl (C=O) groups is 1. The minimum Gasteiger partial charge on any atom is -0.351 e. The first-order chi connectivity index (χ1) is 10.2. The molecule has 112 valence electrons. The molecule has 0 aromatic heterocycles. The molecule has 1 heterocycles. The van der Waals surface area contributed by atoms with Crippen molar-refractivity contribution in [3.05, 3.63) is 34.9 Å². The Morgan fingerprint density at radius 3 is 3.05 bits per heavy atom. The molecule has 5 heteroatoms. The van der Waals surface area contributed by atoms with Crippen molar-refractivity contribution in [3.63, 3.8) is 0 Å². The Morgan fingerprint density at radius 1 is 1.48 bits per heavy atom. The summed E-state index contributed by atoms with van der Waals surface area (Å²) in [5, 5.41) is 3.57. The summed E-state index contributed by atoms with van der Waals surface area (Å²) in [6.45, 7) is 3.00. The second-order valence-electron chi connectivity index (χ2n) is 4.81. The Morgan fingerprint density at radius 2 is 2.33 bits per heavy atom. The van der Waals surface area contributed by atoms with Crippen molar-refractivity contribution < 1.29 is 4.79 Å². The van der Waals surface area contributed by atoms with Crippen molar-refractivity contribution in [2.45, 2.75) is 12.2 Å². The lowest BCUT2D eigenvalue weighted by Crippen LogP contribution is -2.33. The Balaban J connectivity index is 2.00. The highest BCUT2D eigenvalue weighted by atomic mass is 32.2. The molecule has 1 fully saturated rings. The topological polar surface area (TPSA) is 55.1 Å². The van der Waals surface area contributed by atoms with Gasteiger partial charge in [0.05, 0.1) is 6.54 Å². The molecule has 1 aromatic carbocycles. The van der Waals surface area contributed by atoms with E-state index in [-0.39, 0.29) is 5.91 Å². The predicted octanol–water partition coefficient (Wildman–Crippen LogP) is 1.88. The Labute approximate surface area is 134 Å². The lowest BCUT2D eigenvalue weighted by Gasteiger charge is -2.21. The summed E-state index contributed by atoms with van der Waals surface area (Å²) in [6, 6.07) is 5.69. The first-order valence-electron chi connectivity index (χ1n) is 6.98. The molecule has 1 aliphatic rings. The molecule has 1 aromatic rings. The third-order valence-corrected chi connectivity index (χ3v) is 6.04. The number of carbonyl (C=O) groups excluding carboxylic acids is 1. The van der Waals surface area contributed by atoms with Crippen molar-refractivity contribution >= 4 is 29.4 Å². The largest absolute Gasteiger partial charge is 0.351 e. The predicted molar refractivity (Wildman–Crippen MR) is 93.0 cm³/mol. The van der Waals surface area contributed by atoms with Crippen LogP contribution in [0, 0.1) is 18.8 Å². The molecule has 3 N–H and O–H groups in total. The quantitative estimate of drug-likeness (QED) is 0.835. The van der Waals surface area contributed by atoms with Gasteiger partial charge in [0.2, 0.25) is 0 Å². The third kappa shape index (κ3) is 4.99. The molecule has 1 aliphatic heterocycles. The number of nitrogens with two attached hydrogens (primary N) is 1. The summed E-state index contributed by atoms with van der Waals surface area (Å²) < 4.78 is 0. The molecule has 3 nitrogen and oxygen atoms in total.